The van der Waals surface area contributed by atoms with Gasteiger partial charge in [-0.3, -0.25) is 14.7 Å². The molecule has 4 heterocycles. The van der Waals surface area contributed by atoms with Crippen molar-refractivity contribution in [1.82, 2.24) is 24.5 Å². The molecule has 1 unspecified atom stereocenters. The van der Waals surface area contributed by atoms with Crippen molar-refractivity contribution in [3.63, 3.8) is 0 Å². The number of hydrogen-bond donors (Lipinski definition) is 2. The number of fused-ring (bicyclic) bond motifs is 3. The number of halogens is 1. The lowest BCUT2D eigenvalue weighted by molar-refractivity contribution is 0.276. The van der Waals surface area contributed by atoms with Crippen LogP contribution in [0.2, 0.25) is 0 Å². The van der Waals surface area contributed by atoms with Crippen LogP contribution < -0.4 is 10.9 Å². The Morgan fingerprint density at radius 1 is 1.05 bits per heavy atom. The van der Waals surface area contributed by atoms with Crippen molar-refractivity contribution in [2.24, 2.45) is 0 Å². The topological polar surface area (TPSA) is 78.3 Å². The zero-order chi connectivity index (χ0) is 25.4. The van der Waals surface area contributed by atoms with Gasteiger partial charge in [0.05, 0.1) is 17.9 Å². The monoisotopic (exact) mass is 494 g/mol. The van der Waals surface area contributed by atoms with E-state index < -0.39 is 0 Å². The van der Waals surface area contributed by atoms with E-state index in [-0.39, 0.29) is 17.3 Å². The second kappa shape index (κ2) is 9.63. The molecule has 2 N–H and O–H groups in total. The standard InChI is InChI=1S/C29H27FN6O/c1-19(22-7-8-23(25(30)15-22)21-5-3-2-4-6-21)26-16-27-33-29(37)24-17-35(18-32-28(24)36(27)34-26)14-11-20-9-12-31-13-10-20/h2-10,12-13,15-16,19,32H,11,14,17-18H2,1H3,(H,33,37). The lowest BCUT2D eigenvalue weighted by Crippen LogP contribution is -2.39. The van der Waals surface area contributed by atoms with E-state index in [1.165, 1.54) is 5.56 Å². The second-order valence-electron chi connectivity index (χ2n) is 9.47. The minimum atomic E-state index is -0.265. The molecule has 0 aliphatic carbocycles. The maximum atomic E-state index is 15.0. The van der Waals surface area contributed by atoms with Gasteiger partial charge in [-0.2, -0.15) is 5.10 Å². The summed E-state index contributed by atoms with van der Waals surface area (Å²) in [5, 5.41) is 8.20. The average Bonchev–Trinajstić information content (AvgIpc) is 3.36. The normalized spacial score (nSPS) is 14.3. The van der Waals surface area contributed by atoms with Crippen LogP contribution >= 0.6 is 0 Å². The third kappa shape index (κ3) is 4.51. The summed E-state index contributed by atoms with van der Waals surface area (Å²) in [7, 11) is 0. The van der Waals surface area contributed by atoms with Crippen LogP contribution in [0.4, 0.5) is 10.2 Å². The molecule has 1 aliphatic rings. The summed E-state index contributed by atoms with van der Waals surface area (Å²) in [6.07, 6.45) is 4.47. The van der Waals surface area contributed by atoms with Crippen molar-refractivity contribution >= 4 is 11.5 Å². The van der Waals surface area contributed by atoms with E-state index in [1.54, 1.807) is 23.0 Å². The fraction of sp³-hybridized carbons (Fsp3) is 0.207. The number of hydrogen-bond acceptors (Lipinski definition) is 5. The minimum absolute atomic E-state index is 0.124. The first kappa shape index (κ1) is 23.1. The Morgan fingerprint density at radius 3 is 2.65 bits per heavy atom. The highest BCUT2D eigenvalue weighted by molar-refractivity contribution is 5.64. The van der Waals surface area contributed by atoms with Gasteiger partial charge in [-0.05, 0) is 41.3 Å². The average molecular weight is 495 g/mol. The van der Waals surface area contributed by atoms with Crippen LogP contribution in [0.1, 0.15) is 35.2 Å². The highest BCUT2D eigenvalue weighted by Gasteiger charge is 2.24. The van der Waals surface area contributed by atoms with Crippen molar-refractivity contribution in [2.45, 2.75) is 25.8 Å². The molecule has 7 nitrogen and oxygen atoms in total. The van der Waals surface area contributed by atoms with Crippen molar-refractivity contribution in [2.75, 3.05) is 18.5 Å². The molecule has 0 spiro atoms. The number of anilines is 1. The Balaban J connectivity index is 1.25. The Hall–Kier alpha value is -4.30. The predicted molar refractivity (Wildman–Crippen MR) is 142 cm³/mol. The SMILES string of the molecule is CC(c1ccc(-c2ccccc2)c(F)c1)c1cc2[nH]c(=O)c3c(n2n1)NCN(CCc1ccncc1)C3. The number of nitrogens with one attached hydrogen (secondary N) is 2. The molecule has 0 bridgehead atoms. The summed E-state index contributed by atoms with van der Waals surface area (Å²) >= 11 is 0. The van der Waals surface area contributed by atoms with Gasteiger partial charge in [0.2, 0.25) is 0 Å². The number of aromatic nitrogens is 4. The smallest absolute Gasteiger partial charge is 0.257 e. The molecule has 1 atom stereocenters. The highest BCUT2D eigenvalue weighted by atomic mass is 19.1. The van der Waals surface area contributed by atoms with Crippen molar-refractivity contribution < 1.29 is 4.39 Å². The first-order valence-electron chi connectivity index (χ1n) is 12.4. The van der Waals surface area contributed by atoms with Crippen LogP contribution in [0.3, 0.4) is 0 Å². The van der Waals surface area contributed by atoms with Crippen LogP contribution in [0.5, 0.6) is 0 Å². The van der Waals surface area contributed by atoms with Gasteiger partial charge in [-0.15, -0.1) is 0 Å². The first-order chi connectivity index (χ1) is 18.1. The van der Waals surface area contributed by atoms with E-state index in [1.807, 2.05) is 67.6 Å². The van der Waals surface area contributed by atoms with E-state index in [4.69, 9.17) is 5.10 Å². The third-order valence-electron chi connectivity index (χ3n) is 7.08. The lowest BCUT2D eigenvalue weighted by atomic mass is 9.95. The van der Waals surface area contributed by atoms with Crippen LogP contribution in [-0.2, 0) is 13.0 Å². The van der Waals surface area contributed by atoms with Crippen LogP contribution in [0.25, 0.3) is 16.8 Å². The molecule has 6 rings (SSSR count). The number of pyridine rings is 1. The van der Waals surface area contributed by atoms with E-state index >= 15 is 4.39 Å². The van der Waals surface area contributed by atoms with Gasteiger partial charge in [0.25, 0.3) is 5.56 Å². The zero-order valence-electron chi connectivity index (χ0n) is 20.5. The molecule has 0 radical (unpaired) electrons. The third-order valence-corrected chi connectivity index (χ3v) is 7.08. The van der Waals surface area contributed by atoms with Gasteiger partial charge >= 0.3 is 0 Å². The number of benzene rings is 2. The molecular formula is C29H27FN6O. The molecule has 0 amide bonds. The van der Waals surface area contributed by atoms with E-state index in [9.17, 15) is 4.79 Å². The number of rotatable bonds is 6. The number of nitrogens with zero attached hydrogens (tertiary/aromatic N) is 4. The molecule has 8 heteroatoms. The fourth-order valence-corrected chi connectivity index (χ4v) is 4.91. The summed E-state index contributed by atoms with van der Waals surface area (Å²) in [6, 6.07) is 20.7. The lowest BCUT2D eigenvalue weighted by Gasteiger charge is -2.29. The molecule has 0 saturated heterocycles. The number of H-pyrrole nitrogens is 1. The van der Waals surface area contributed by atoms with E-state index in [2.05, 4.69) is 20.2 Å². The van der Waals surface area contributed by atoms with Gasteiger partial charge in [0.1, 0.15) is 17.3 Å². The molecule has 0 fully saturated rings. The fourth-order valence-electron chi connectivity index (χ4n) is 4.91. The van der Waals surface area contributed by atoms with Gasteiger partial charge < -0.3 is 10.3 Å². The van der Waals surface area contributed by atoms with E-state index in [0.29, 0.717) is 35.8 Å². The van der Waals surface area contributed by atoms with Crippen molar-refractivity contribution in [3.8, 4) is 11.1 Å². The van der Waals surface area contributed by atoms with Crippen molar-refractivity contribution in [1.29, 1.82) is 0 Å². The highest BCUT2D eigenvalue weighted by Crippen LogP contribution is 2.30. The maximum absolute atomic E-state index is 15.0. The summed E-state index contributed by atoms with van der Waals surface area (Å²) in [5.41, 5.74) is 5.37. The van der Waals surface area contributed by atoms with Crippen LogP contribution in [0.15, 0.2) is 83.9 Å². The summed E-state index contributed by atoms with van der Waals surface area (Å²) in [6.45, 7) is 3.97. The van der Waals surface area contributed by atoms with E-state index in [0.717, 1.165) is 29.8 Å². The zero-order valence-corrected chi connectivity index (χ0v) is 20.5. The summed E-state index contributed by atoms with van der Waals surface area (Å²) < 4.78 is 16.8. The number of aromatic amines is 1. The van der Waals surface area contributed by atoms with Crippen LogP contribution in [0, 0.1) is 5.82 Å². The summed E-state index contributed by atoms with van der Waals surface area (Å²) in [4.78, 5) is 22.2. The van der Waals surface area contributed by atoms with Crippen LogP contribution in [-0.4, -0.2) is 37.7 Å². The Morgan fingerprint density at radius 2 is 1.86 bits per heavy atom. The molecule has 186 valence electrons. The van der Waals surface area contributed by atoms with Gasteiger partial charge in [0, 0.05) is 43.0 Å². The molecule has 2 aromatic carbocycles. The molecule has 5 aromatic rings. The van der Waals surface area contributed by atoms with Gasteiger partial charge in [0.15, 0.2) is 0 Å². The quantitative estimate of drug-likeness (QED) is 0.355. The summed E-state index contributed by atoms with van der Waals surface area (Å²) in [5.74, 6) is 0.292. The van der Waals surface area contributed by atoms with Crippen molar-refractivity contribution in [3.05, 3.63) is 118 Å². The molecular weight excluding hydrogens is 467 g/mol. The molecule has 0 saturated carbocycles. The maximum Gasteiger partial charge on any atom is 0.257 e. The largest absolute Gasteiger partial charge is 0.357 e. The Kier molecular flexibility index (Phi) is 6.02. The van der Waals surface area contributed by atoms with Gasteiger partial charge in [-0.25, -0.2) is 8.91 Å². The molecule has 3 aromatic heterocycles. The Labute approximate surface area is 213 Å². The second-order valence-corrected chi connectivity index (χ2v) is 9.47. The molecule has 1 aliphatic heterocycles. The predicted octanol–water partition coefficient (Wildman–Crippen LogP) is 4.80. The molecule has 37 heavy (non-hydrogen) atoms. The Bertz CT molecular complexity index is 1610. The van der Waals surface area contributed by atoms with Gasteiger partial charge in [-0.1, -0.05) is 49.4 Å². The minimum Gasteiger partial charge on any atom is -0.357 e. The first-order valence-corrected chi connectivity index (χ1v) is 12.4.